The van der Waals surface area contributed by atoms with Crippen LogP contribution >= 0.6 is 0 Å². The number of anilines is 4. The van der Waals surface area contributed by atoms with E-state index in [4.69, 9.17) is 0 Å². The average Bonchev–Trinajstić information content (AvgIpc) is 3.13. The molecule has 0 aliphatic rings. The number of hydrogen-bond donors (Lipinski definition) is 5. The van der Waals surface area contributed by atoms with Crippen LogP contribution in [0, 0.1) is 0 Å². The summed E-state index contributed by atoms with van der Waals surface area (Å²) >= 11 is 0. The molecule has 19 nitrogen and oxygen atoms in total. The summed E-state index contributed by atoms with van der Waals surface area (Å²) in [7, 11) is -12.4. The first-order valence-corrected chi connectivity index (χ1v) is 19.3. The number of nitrogens with zero attached hydrogens (tertiary/aromatic N) is 7. The summed E-state index contributed by atoms with van der Waals surface area (Å²) in [6, 6.07) is 23.7. The van der Waals surface area contributed by atoms with Crippen molar-refractivity contribution >= 4 is 87.1 Å². The van der Waals surface area contributed by atoms with Crippen molar-refractivity contribution < 1.29 is 43.6 Å². The van der Waals surface area contributed by atoms with Gasteiger partial charge in [0.1, 0.15) is 9.79 Å². The van der Waals surface area contributed by atoms with Gasteiger partial charge in [0.25, 0.3) is 30.4 Å². The Bertz CT molecular complexity index is 2790. The molecule has 0 fully saturated rings. The monoisotopic (exact) mass is 791 g/mol. The largest absolute Gasteiger partial charge is 0.479 e. The molecule has 0 bridgehead atoms. The lowest BCUT2D eigenvalue weighted by atomic mass is 10.1. The predicted octanol–water partition coefficient (Wildman–Crippen LogP) is 6.88. The smallest absolute Gasteiger partial charge is 0.320 e. The molecular formula is C32H25N9O10S3. The minimum atomic E-state index is -4.82. The molecule has 0 saturated heterocycles. The van der Waals surface area contributed by atoms with E-state index in [1.807, 2.05) is 0 Å². The molecule has 5 N–H and O–H groups in total. The van der Waals surface area contributed by atoms with Gasteiger partial charge < -0.3 is 15.7 Å². The summed E-state index contributed by atoms with van der Waals surface area (Å²) < 4.78 is 95.8. The molecule has 0 spiro atoms. The summed E-state index contributed by atoms with van der Waals surface area (Å²) in [6.07, 6.45) is 0. The molecule has 5 aromatic carbocycles. The van der Waals surface area contributed by atoms with Crippen LogP contribution in [0.1, 0.15) is 0 Å². The number of benzene rings is 5. The molecular weight excluding hydrogens is 767 g/mol. The number of azo groups is 2. The fourth-order valence-corrected chi connectivity index (χ4v) is 6.92. The Hall–Kier alpha value is -6.30. The second-order valence-corrected chi connectivity index (χ2v) is 15.4. The molecule has 0 aliphatic heterocycles. The number of rotatable bonds is 12. The maximum absolute atomic E-state index is 12.1. The zero-order valence-electron chi connectivity index (χ0n) is 27.4. The van der Waals surface area contributed by atoms with E-state index in [9.17, 15) is 39.5 Å². The van der Waals surface area contributed by atoms with Gasteiger partial charge in [-0.3, -0.25) is 13.3 Å². The Labute approximate surface area is 306 Å². The van der Waals surface area contributed by atoms with Crippen molar-refractivity contribution in [2.45, 2.75) is 14.7 Å². The quantitative estimate of drug-likeness (QED) is 0.0480. The molecule has 6 rings (SSSR count). The number of hydrogen-bond acceptors (Lipinski definition) is 17. The molecule has 0 radical (unpaired) electrons. The summed E-state index contributed by atoms with van der Waals surface area (Å²) in [4.78, 5) is 10.7. The standard InChI is InChI=1S/C32H25N9O10S3/c1-51-54(49,50)25-5-2-4-23(16-25)40-38-21-12-8-19(9-13-21)33-30-35-31(37-32(42)36-30)34-20-10-14-22(15-11-20)39-41-24-17-27-26(29(18-24)53(46,47)48)6-3-7-28(27)52(43,44)45/h2-18H,1H3,(H,43,44,45)(H,46,47,48)(H3,33,34,35,36,37,42)/b40-38+,41-39+. The van der Waals surface area contributed by atoms with Gasteiger partial charge in [0, 0.05) is 22.1 Å². The van der Waals surface area contributed by atoms with Gasteiger partial charge in [-0.15, -0.1) is 0 Å². The Kier molecular flexibility index (Phi) is 10.4. The van der Waals surface area contributed by atoms with E-state index in [-0.39, 0.29) is 38.9 Å². The molecule has 6 aromatic rings. The molecule has 22 heteroatoms. The van der Waals surface area contributed by atoms with E-state index < -0.39 is 46.2 Å². The minimum Gasteiger partial charge on any atom is -0.479 e. The van der Waals surface area contributed by atoms with Crippen molar-refractivity contribution in [3.8, 4) is 6.01 Å². The van der Waals surface area contributed by atoms with Crippen LogP contribution in [0.3, 0.4) is 0 Å². The van der Waals surface area contributed by atoms with Crippen LogP contribution in [-0.2, 0) is 34.5 Å². The van der Waals surface area contributed by atoms with Crippen molar-refractivity contribution in [3.05, 3.63) is 103 Å². The molecule has 0 saturated carbocycles. The third-order valence-corrected chi connectivity index (χ3v) is 10.3. The van der Waals surface area contributed by atoms with E-state index in [1.165, 1.54) is 48.5 Å². The second-order valence-electron chi connectivity index (χ2n) is 10.9. The molecule has 1 aromatic heterocycles. The predicted molar refractivity (Wildman–Crippen MR) is 194 cm³/mol. The van der Waals surface area contributed by atoms with Crippen LogP contribution < -0.4 is 10.6 Å². The van der Waals surface area contributed by atoms with E-state index in [2.05, 4.69) is 50.2 Å². The van der Waals surface area contributed by atoms with E-state index in [0.29, 0.717) is 22.7 Å². The van der Waals surface area contributed by atoms with E-state index in [0.717, 1.165) is 19.2 Å². The number of nitrogens with one attached hydrogen (secondary N) is 2. The van der Waals surface area contributed by atoms with Gasteiger partial charge in [-0.2, -0.15) is 60.7 Å². The highest BCUT2D eigenvalue weighted by Crippen LogP contribution is 2.34. The molecule has 0 amide bonds. The van der Waals surface area contributed by atoms with Crippen LogP contribution in [0.25, 0.3) is 10.8 Å². The summed E-state index contributed by atoms with van der Waals surface area (Å²) in [5.41, 5.74) is 1.90. The lowest BCUT2D eigenvalue weighted by molar-refractivity contribution is 0.397. The fourth-order valence-electron chi connectivity index (χ4n) is 4.79. The van der Waals surface area contributed by atoms with Crippen molar-refractivity contribution in [1.29, 1.82) is 0 Å². The van der Waals surface area contributed by atoms with Crippen molar-refractivity contribution in [2.75, 3.05) is 17.7 Å². The van der Waals surface area contributed by atoms with Crippen LogP contribution in [0.4, 0.5) is 46.0 Å². The Balaban J connectivity index is 1.14. The van der Waals surface area contributed by atoms with E-state index in [1.54, 1.807) is 42.5 Å². The summed E-state index contributed by atoms with van der Waals surface area (Å²) in [6.45, 7) is 0. The highest BCUT2D eigenvalue weighted by molar-refractivity contribution is 7.87. The fraction of sp³-hybridized carbons (Fsp3) is 0.0312. The molecule has 1 heterocycles. The van der Waals surface area contributed by atoms with Gasteiger partial charge in [-0.1, -0.05) is 18.2 Å². The van der Waals surface area contributed by atoms with Gasteiger partial charge in [0.2, 0.25) is 11.9 Å². The van der Waals surface area contributed by atoms with Crippen molar-refractivity contribution in [3.63, 3.8) is 0 Å². The molecule has 0 unspecified atom stereocenters. The third kappa shape index (κ3) is 9.00. The summed E-state index contributed by atoms with van der Waals surface area (Å²) in [5, 5.41) is 31.9. The molecule has 276 valence electrons. The van der Waals surface area contributed by atoms with Gasteiger partial charge in [0.15, 0.2) is 0 Å². The van der Waals surface area contributed by atoms with Crippen LogP contribution in [0.15, 0.2) is 138 Å². The minimum absolute atomic E-state index is 0.00207. The second kappa shape index (κ2) is 15.0. The first-order valence-electron chi connectivity index (χ1n) is 15.0. The van der Waals surface area contributed by atoms with Gasteiger partial charge in [-0.25, -0.2) is 0 Å². The third-order valence-electron chi connectivity index (χ3n) is 7.22. The van der Waals surface area contributed by atoms with Gasteiger partial charge >= 0.3 is 6.01 Å². The molecule has 0 atom stereocenters. The maximum Gasteiger partial charge on any atom is 0.320 e. The van der Waals surface area contributed by atoms with Crippen LogP contribution in [0.5, 0.6) is 6.01 Å². The number of aromatic hydroxyl groups is 1. The Morgan fingerprint density at radius 2 is 1.07 bits per heavy atom. The topological polar surface area (TPSA) is 285 Å². The van der Waals surface area contributed by atoms with Crippen molar-refractivity contribution in [1.82, 2.24) is 15.0 Å². The summed E-state index contributed by atoms with van der Waals surface area (Å²) in [5.74, 6) is -0.0242. The van der Waals surface area contributed by atoms with Crippen LogP contribution in [0.2, 0.25) is 0 Å². The van der Waals surface area contributed by atoms with E-state index >= 15 is 0 Å². The highest BCUT2D eigenvalue weighted by Gasteiger charge is 2.21. The lowest BCUT2D eigenvalue weighted by Crippen LogP contribution is -2.03. The average molecular weight is 792 g/mol. The first-order chi connectivity index (χ1) is 25.6. The number of fused-ring (bicyclic) bond motifs is 1. The van der Waals surface area contributed by atoms with Gasteiger partial charge in [-0.05, 0) is 84.9 Å². The maximum atomic E-state index is 12.1. The van der Waals surface area contributed by atoms with Crippen molar-refractivity contribution in [2.24, 2.45) is 20.5 Å². The van der Waals surface area contributed by atoms with Gasteiger partial charge in [0.05, 0.1) is 34.8 Å². The van der Waals surface area contributed by atoms with Crippen LogP contribution in [-0.4, -0.2) is 61.5 Å². The molecule has 54 heavy (non-hydrogen) atoms. The Morgan fingerprint density at radius 3 is 1.61 bits per heavy atom. The normalized spacial score (nSPS) is 12.4. The number of aromatic nitrogens is 3. The first kappa shape index (κ1) is 37.5. The SMILES string of the molecule is COS(=O)(=O)c1cccc(/N=N/c2ccc(Nc3nc(O)nc(Nc4ccc(/N=N/c5cc(S(=O)(=O)O)c6cccc(S(=O)(=O)O)c6c5)cc4)n3)cc2)c1. The Morgan fingerprint density at radius 1 is 0.556 bits per heavy atom. The zero-order chi connectivity index (χ0) is 38.7. The lowest BCUT2D eigenvalue weighted by Gasteiger charge is -2.09. The highest BCUT2D eigenvalue weighted by atomic mass is 32.2. The zero-order valence-corrected chi connectivity index (χ0v) is 29.8. The molecule has 0 aliphatic carbocycles.